The third-order valence-electron chi connectivity index (χ3n) is 7.63. The SMILES string of the molecule is O=C(NCCc1ccccc1)c1cnc(N2CCN(C3CCN(Cc4ccc(Cl)cc4)CC3)CC2)c(Cl)c1. The molecule has 0 bridgehead atoms. The fourth-order valence-electron chi connectivity index (χ4n) is 5.44. The summed E-state index contributed by atoms with van der Waals surface area (Å²) in [4.78, 5) is 24.6. The van der Waals surface area contributed by atoms with Gasteiger partial charge in [0.15, 0.2) is 0 Å². The van der Waals surface area contributed by atoms with Crippen LogP contribution in [0.5, 0.6) is 0 Å². The molecule has 2 saturated heterocycles. The number of likely N-dealkylation sites (tertiary alicyclic amines) is 1. The van der Waals surface area contributed by atoms with Crippen molar-refractivity contribution >= 4 is 34.9 Å². The Hall–Kier alpha value is -2.64. The maximum absolute atomic E-state index is 12.6. The lowest BCUT2D eigenvalue weighted by Gasteiger charge is -2.43. The van der Waals surface area contributed by atoms with Crippen LogP contribution in [0.25, 0.3) is 0 Å². The van der Waals surface area contributed by atoms with Crippen molar-refractivity contribution in [3.8, 4) is 0 Å². The molecule has 0 aliphatic carbocycles. The number of carbonyl (C=O) groups is 1. The quantitative estimate of drug-likeness (QED) is 0.419. The average molecular weight is 553 g/mol. The number of hydrogen-bond acceptors (Lipinski definition) is 5. The molecule has 0 radical (unpaired) electrons. The Kier molecular flexibility index (Phi) is 9.18. The van der Waals surface area contributed by atoms with E-state index in [2.05, 4.69) is 49.3 Å². The summed E-state index contributed by atoms with van der Waals surface area (Å²) >= 11 is 12.6. The van der Waals surface area contributed by atoms with E-state index in [1.54, 1.807) is 12.3 Å². The van der Waals surface area contributed by atoms with Crippen molar-refractivity contribution in [2.45, 2.75) is 31.8 Å². The van der Waals surface area contributed by atoms with Gasteiger partial charge < -0.3 is 10.2 Å². The Morgan fingerprint density at radius 3 is 2.29 bits per heavy atom. The van der Waals surface area contributed by atoms with E-state index in [9.17, 15) is 4.79 Å². The molecule has 0 atom stereocenters. The third kappa shape index (κ3) is 7.06. The van der Waals surface area contributed by atoms with Crippen LogP contribution in [-0.2, 0) is 13.0 Å². The minimum atomic E-state index is -0.144. The van der Waals surface area contributed by atoms with Crippen molar-refractivity contribution in [2.75, 3.05) is 50.7 Å². The van der Waals surface area contributed by atoms with Gasteiger partial charge in [-0.1, -0.05) is 65.7 Å². The summed E-state index contributed by atoms with van der Waals surface area (Å²) in [6, 6.07) is 20.7. The predicted molar refractivity (Wildman–Crippen MR) is 155 cm³/mol. The minimum Gasteiger partial charge on any atom is -0.353 e. The van der Waals surface area contributed by atoms with Crippen LogP contribution in [0.2, 0.25) is 10.0 Å². The van der Waals surface area contributed by atoms with Crippen molar-refractivity contribution < 1.29 is 4.79 Å². The second kappa shape index (κ2) is 12.9. The maximum atomic E-state index is 12.6. The van der Waals surface area contributed by atoms with Gasteiger partial charge in [0.1, 0.15) is 5.82 Å². The van der Waals surface area contributed by atoms with Gasteiger partial charge in [-0.2, -0.15) is 0 Å². The van der Waals surface area contributed by atoms with E-state index in [4.69, 9.17) is 23.2 Å². The first kappa shape index (κ1) is 26.9. The number of rotatable bonds is 8. The second-order valence-corrected chi connectivity index (χ2v) is 11.0. The molecule has 2 aliphatic rings. The molecular formula is C30H35Cl2N5O. The molecule has 6 nitrogen and oxygen atoms in total. The van der Waals surface area contributed by atoms with Crippen molar-refractivity contribution in [1.29, 1.82) is 0 Å². The fourth-order valence-corrected chi connectivity index (χ4v) is 5.86. The Morgan fingerprint density at radius 1 is 0.895 bits per heavy atom. The molecule has 5 rings (SSSR count). The van der Waals surface area contributed by atoms with Crippen LogP contribution in [0, 0.1) is 0 Å². The predicted octanol–water partition coefficient (Wildman–Crippen LogP) is 5.15. The maximum Gasteiger partial charge on any atom is 0.252 e. The van der Waals surface area contributed by atoms with Crippen LogP contribution in [0.3, 0.4) is 0 Å². The molecule has 2 aromatic carbocycles. The number of anilines is 1. The Labute approximate surface area is 235 Å². The lowest BCUT2D eigenvalue weighted by molar-refractivity contribution is 0.0953. The summed E-state index contributed by atoms with van der Waals surface area (Å²) in [5.41, 5.74) is 3.01. The zero-order valence-corrected chi connectivity index (χ0v) is 23.2. The van der Waals surface area contributed by atoms with Crippen LogP contribution >= 0.6 is 23.2 Å². The first-order chi connectivity index (χ1) is 18.5. The molecule has 3 heterocycles. The first-order valence-corrected chi connectivity index (χ1v) is 14.2. The largest absolute Gasteiger partial charge is 0.353 e. The third-order valence-corrected chi connectivity index (χ3v) is 8.16. The number of carbonyl (C=O) groups excluding carboxylic acids is 1. The number of benzene rings is 2. The van der Waals surface area contributed by atoms with Crippen LogP contribution in [0.4, 0.5) is 5.82 Å². The summed E-state index contributed by atoms with van der Waals surface area (Å²) in [6.45, 7) is 7.59. The van der Waals surface area contributed by atoms with Crippen LogP contribution in [0.15, 0.2) is 66.9 Å². The highest BCUT2D eigenvalue weighted by Gasteiger charge is 2.28. The molecule has 2 aliphatic heterocycles. The van der Waals surface area contributed by atoms with E-state index < -0.39 is 0 Å². The highest BCUT2D eigenvalue weighted by atomic mass is 35.5. The fraction of sp³-hybridized carbons (Fsp3) is 0.400. The lowest BCUT2D eigenvalue weighted by Crippen LogP contribution is -2.53. The molecule has 1 aromatic heterocycles. The number of hydrogen-bond donors (Lipinski definition) is 1. The summed E-state index contributed by atoms with van der Waals surface area (Å²) in [5.74, 6) is 0.624. The number of piperidine rings is 1. The number of amides is 1. The van der Waals surface area contributed by atoms with Crippen molar-refractivity contribution in [3.05, 3.63) is 93.6 Å². The Morgan fingerprint density at radius 2 is 1.61 bits per heavy atom. The van der Waals surface area contributed by atoms with E-state index in [0.29, 0.717) is 23.2 Å². The summed E-state index contributed by atoms with van der Waals surface area (Å²) in [5, 5.41) is 4.29. The zero-order valence-electron chi connectivity index (χ0n) is 21.7. The highest BCUT2D eigenvalue weighted by molar-refractivity contribution is 6.33. The van der Waals surface area contributed by atoms with Gasteiger partial charge in [-0.15, -0.1) is 0 Å². The molecule has 200 valence electrons. The molecule has 38 heavy (non-hydrogen) atoms. The lowest BCUT2D eigenvalue weighted by atomic mass is 10.0. The summed E-state index contributed by atoms with van der Waals surface area (Å²) < 4.78 is 0. The number of nitrogens with one attached hydrogen (secondary N) is 1. The Balaban J connectivity index is 1.06. The van der Waals surface area contributed by atoms with E-state index in [1.165, 1.54) is 24.0 Å². The molecule has 1 N–H and O–H groups in total. The van der Waals surface area contributed by atoms with Gasteiger partial charge in [-0.25, -0.2) is 4.98 Å². The summed E-state index contributed by atoms with van der Waals surface area (Å²) in [7, 11) is 0. The van der Waals surface area contributed by atoms with E-state index in [1.807, 2.05) is 30.3 Å². The average Bonchev–Trinajstić information content (AvgIpc) is 2.95. The van der Waals surface area contributed by atoms with Crippen molar-refractivity contribution in [3.63, 3.8) is 0 Å². The van der Waals surface area contributed by atoms with Crippen molar-refractivity contribution in [1.82, 2.24) is 20.1 Å². The number of nitrogens with zero attached hydrogens (tertiary/aromatic N) is 4. The van der Waals surface area contributed by atoms with E-state index in [-0.39, 0.29) is 5.91 Å². The van der Waals surface area contributed by atoms with Gasteiger partial charge in [0.25, 0.3) is 5.91 Å². The molecule has 0 saturated carbocycles. The number of aromatic nitrogens is 1. The summed E-state index contributed by atoms with van der Waals surface area (Å²) in [6.07, 6.45) is 4.82. The zero-order chi connectivity index (χ0) is 26.3. The minimum absolute atomic E-state index is 0.144. The normalized spacial score (nSPS) is 17.5. The van der Waals surface area contributed by atoms with E-state index in [0.717, 1.165) is 63.1 Å². The van der Waals surface area contributed by atoms with Gasteiger partial charge >= 0.3 is 0 Å². The van der Waals surface area contributed by atoms with Crippen LogP contribution < -0.4 is 10.2 Å². The number of piperazine rings is 1. The standard InChI is InChI=1S/C30H35Cl2N5O/c31-26-8-6-24(7-9-26)22-35-14-11-27(12-15-35)36-16-18-37(19-17-36)29-28(32)20-25(21-34-29)30(38)33-13-10-23-4-2-1-3-5-23/h1-9,20-21,27H,10-19,22H2,(H,33,38). The molecule has 0 spiro atoms. The molecule has 8 heteroatoms. The molecule has 0 unspecified atom stereocenters. The van der Waals surface area contributed by atoms with E-state index >= 15 is 0 Å². The smallest absolute Gasteiger partial charge is 0.252 e. The monoisotopic (exact) mass is 551 g/mol. The number of halogens is 2. The van der Waals surface area contributed by atoms with Gasteiger partial charge in [0, 0.05) is 56.5 Å². The first-order valence-electron chi connectivity index (χ1n) is 13.5. The topological polar surface area (TPSA) is 51.7 Å². The van der Waals surface area contributed by atoms with Gasteiger partial charge in [0.2, 0.25) is 0 Å². The molecule has 3 aromatic rings. The van der Waals surface area contributed by atoms with Gasteiger partial charge in [-0.05, 0) is 61.7 Å². The second-order valence-electron chi connectivity index (χ2n) is 10.2. The van der Waals surface area contributed by atoms with Crippen LogP contribution in [0.1, 0.15) is 34.3 Å². The van der Waals surface area contributed by atoms with Gasteiger partial charge in [0.05, 0.1) is 10.6 Å². The number of pyridine rings is 1. The molecule has 1 amide bonds. The Bertz CT molecular complexity index is 1190. The molecule has 2 fully saturated rings. The van der Waals surface area contributed by atoms with Crippen LogP contribution in [-0.4, -0.2) is 72.5 Å². The molecular weight excluding hydrogens is 517 g/mol. The van der Waals surface area contributed by atoms with Gasteiger partial charge in [-0.3, -0.25) is 14.6 Å². The van der Waals surface area contributed by atoms with Crippen molar-refractivity contribution in [2.24, 2.45) is 0 Å². The highest BCUT2D eigenvalue weighted by Crippen LogP contribution is 2.27.